The van der Waals surface area contributed by atoms with Gasteiger partial charge < -0.3 is 13.9 Å². The average Bonchev–Trinajstić information content (AvgIpc) is 3.26. The van der Waals surface area contributed by atoms with Crippen LogP contribution in [0.25, 0.3) is 11.1 Å². The van der Waals surface area contributed by atoms with Gasteiger partial charge >= 0.3 is 0 Å². The van der Waals surface area contributed by atoms with E-state index in [1.54, 1.807) is 25.5 Å². The number of para-hydroxylation sites is 2. The number of amides is 1. The van der Waals surface area contributed by atoms with Gasteiger partial charge in [-0.3, -0.25) is 4.79 Å². The third kappa shape index (κ3) is 6.36. The first-order chi connectivity index (χ1) is 16.1. The second-order valence-electron chi connectivity index (χ2n) is 6.85. The molecule has 168 valence electrons. The molecule has 4 aromatic rings. The van der Waals surface area contributed by atoms with E-state index >= 15 is 0 Å². The molecule has 0 radical (unpaired) electrons. The summed E-state index contributed by atoms with van der Waals surface area (Å²) < 4.78 is 17.9. The van der Waals surface area contributed by atoms with Crippen LogP contribution in [0.5, 0.6) is 11.5 Å². The number of fused-ring (bicyclic) bond motifs is 1. The number of hydrazone groups is 1. The number of nitrogens with one attached hydrogen (secondary N) is 1. The molecule has 4 rings (SSSR count). The third-order valence-electron chi connectivity index (χ3n) is 4.50. The average molecular weight is 526 g/mol. The molecule has 0 saturated carbocycles. The Morgan fingerprint density at radius 2 is 1.97 bits per heavy atom. The molecule has 33 heavy (non-hydrogen) atoms. The minimum absolute atomic E-state index is 0.133. The van der Waals surface area contributed by atoms with Gasteiger partial charge in [0, 0.05) is 4.47 Å². The maximum atomic E-state index is 12.1. The summed E-state index contributed by atoms with van der Waals surface area (Å²) in [7, 11) is 1.59. The number of rotatable bonds is 9. The molecule has 0 unspecified atom stereocenters. The van der Waals surface area contributed by atoms with Crippen LogP contribution in [0.2, 0.25) is 0 Å². The van der Waals surface area contributed by atoms with Crippen LogP contribution in [0.4, 0.5) is 0 Å². The summed E-state index contributed by atoms with van der Waals surface area (Å²) >= 11 is 4.63. The van der Waals surface area contributed by atoms with Crippen LogP contribution in [0, 0.1) is 0 Å². The lowest BCUT2D eigenvalue weighted by Gasteiger charge is -2.11. The molecule has 0 aliphatic carbocycles. The van der Waals surface area contributed by atoms with Crippen LogP contribution in [-0.4, -0.2) is 30.0 Å². The Balaban J connectivity index is 1.31. The van der Waals surface area contributed by atoms with E-state index in [2.05, 4.69) is 31.4 Å². The third-order valence-corrected chi connectivity index (χ3v) is 5.86. The number of benzene rings is 3. The monoisotopic (exact) mass is 525 g/mol. The molecule has 0 atom stereocenters. The smallest absolute Gasteiger partial charge is 0.257 e. The van der Waals surface area contributed by atoms with E-state index in [0.29, 0.717) is 28.9 Å². The van der Waals surface area contributed by atoms with Crippen molar-refractivity contribution < 1.29 is 18.7 Å². The van der Waals surface area contributed by atoms with Crippen molar-refractivity contribution in [2.24, 2.45) is 5.10 Å². The van der Waals surface area contributed by atoms with Gasteiger partial charge in [0.15, 0.2) is 17.1 Å². The fraction of sp³-hybridized carbons (Fsp3) is 0.125. The van der Waals surface area contributed by atoms with Crippen molar-refractivity contribution in [3.63, 3.8) is 0 Å². The Labute approximate surface area is 203 Å². The predicted octanol–water partition coefficient (Wildman–Crippen LogP) is 5.42. The molecule has 1 amide bonds. The minimum Gasteiger partial charge on any atom is -0.493 e. The maximum absolute atomic E-state index is 12.1. The Bertz CT molecular complexity index is 1240. The zero-order chi connectivity index (χ0) is 23.0. The molecule has 1 heterocycles. The van der Waals surface area contributed by atoms with Crippen molar-refractivity contribution in [3.05, 3.63) is 82.3 Å². The van der Waals surface area contributed by atoms with Gasteiger partial charge in [0.1, 0.15) is 12.1 Å². The van der Waals surface area contributed by atoms with Gasteiger partial charge in [-0.25, -0.2) is 10.4 Å². The Morgan fingerprint density at radius 1 is 1.15 bits per heavy atom. The topological polar surface area (TPSA) is 86.0 Å². The number of carbonyl (C=O) groups is 1. The first-order valence-electron chi connectivity index (χ1n) is 9.96. The van der Waals surface area contributed by atoms with E-state index in [1.807, 2.05) is 54.6 Å². The second-order valence-corrected chi connectivity index (χ2v) is 8.70. The summed E-state index contributed by atoms with van der Waals surface area (Å²) in [5, 5.41) is 4.47. The lowest BCUT2D eigenvalue weighted by Crippen LogP contribution is -2.19. The molecule has 0 saturated heterocycles. The number of hydrogen-bond donors (Lipinski definition) is 1. The number of nitrogens with zero attached hydrogens (tertiary/aromatic N) is 2. The number of methoxy groups -OCH3 is 1. The minimum atomic E-state index is -0.265. The summed E-state index contributed by atoms with van der Waals surface area (Å²) in [5.41, 5.74) is 5.75. The summed E-state index contributed by atoms with van der Waals surface area (Å²) in [6.45, 7) is 0.397. The van der Waals surface area contributed by atoms with Crippen LogP contribution in [-0.2, 0) is 11.4 Å². The van der Waals surface area contributed by atoms with Gasteiger partial charge in [-0.2, -0.15) is 5.10 Å². The fourth-order valence-electron chi connectivity index (χ4n) is 2.88. The lowest BCUT2D eigenvalue weighted by atomic mass is 10.2. The van der Waals surface area contributed by atoms with Gasteiger partial charge in [-0.15, -0.1) is 0 Å². The number of ether oxygens (including phenoxy) is 2. The van der Waals surface area contributed by atoms with E-state index in [4.69, 9.17) is 13.9 Å². The standard InChI is InChI=1S/C24H20BrN3O4S/c1-30-21-11-8-17(12-22(21)31-14-16-6-9-18(25)10-7-16)13-26-28-23(29)15-33-24-27-19-4-2-3-5-20(19)32-24/h2-13H,14-15H2,1H3,(H,28,29)/b26-13-. The van der Waals surface area contributed by atoms with Crippen molar-refractivity contribution in [2.45, 2.75) is 11.8 Å². The molecule has 1 aromatic heterocycles. The number of aromatic nitrogens is 1. The van der Waals surface area contributed by atoms with Crippen LogP contribution in [0.3, 0.4) is 0 Å². The van der Waals surface area contributed by atoms with Crippen molar-refractivity contribution in [3.8, 4) is 11.5 Å². The molecule has 0 aliphatic rings. The summed E-state index contributed by atoms with van der Waals surface area (Å²) in [4.78, 5) is 16.4. The highest BCUT2D eigenvalue weighted by atomic mass is 79.9. The molecule has 9 heteroatoms. The first kappa shape index (κ1) is 22.9. The highest BCUT2D eigenvalue weighted by Gasteiger charge is 2.09. The molecule has 1 N–H and O–H groups in total. The van der Waals surface area contributed by atoms with Crippen LogP contribution in [0.1, 0.15) is 11.1 Å². The number of thioether (sulfide) groups is 1. The molecule has 3 aromatic carbocycles. The number of oxazole rings is 1. The fourth-order valence-corrected chi connectivity index (χ4v) is 3.77. The zero-order valence-corrected chi connectivity index (χ0v) is 20.1. The SMILES string of the molecule is COc1ccc(/C=N\NC(=O)CSc2nc3ccccc3o2)cc1OCc1ccc(Br)cc1. The highest BCUT2D eigenvalue weighted by Crippen LogP contribution is 2.28. The number of carbonyl (C=O) groups excluding carboxylic acids is 1. The number of hydrogen-bond acceptors (Lipinski definition) is 7. The highest BCUT2D eigenvalue weighted by molar-refractivity contribution is 9.10. The van der Waals surface area contributed by atoms with Crippen LogP contribution >= 0.6 is 27.7 Å². The predicted molar refractivity (Wildman–Crippen MR) is 132 cm³/mol. The molecule has 0 spiro atoms. The van der Waals surface area contributed by atoms with E-state index in [9.17, 15) is 4.79 Å². The Morgan fingerprint density at radius 3 is 2.76 bits per heavy atom. The molecule has 0 fully saturated rings. The molecule has 0 aliphatic heterocycles. The van der Waals surface area contributed by atoms with Gasteiger partial charge in [-0.1, -0.05) is 52.0 Å². The number of halogens is 1. The van der Waals surface area contributed by atoms with E-state index in [1.165, 1.54) is 11.8 Å². The quantitative estimate of drug-likeness (QED) is 0.178. The second kappa shape index (κ2) is 11.0. The zero-order valence-electron chi connectivity index (χ0n) is 17.7. The Hall–Kier alpha value is -3.30. The summed E-state index contributed by atoms with van der Waals surface area (Å²) in [6, 6.07) is 20.8. The van der Waals surface area contributed by atoms with Gasteiger partial charge in [0.2, 0.25) is 0 Å². The van der Waals surface area contributed by atoms with Crippen molar-refractivity contribution >= 4 is 50.9 Å². The van der Waals surface area contributed by atoms with Crippen molar-refractivity contribution in [1.82, 2.24) is 10.4 Å². The van der Waals surface area contributed by atoms with Crippen LogP contribution < -0.4 is 14.9 Å². The molecular formula is C24H20BrN3O4S. The van der Waals surface area contributed by atoms with E-state index < -0.39 is 0 Å². The summed E-state index contributed by atoms with van der Waals surface area (Å²) in [5.74, 6) is 1.07. The largest absolute Gasteiger partial charge is 0.493 e. The van der Waals surface area contributed by atoms with Gasteiger partial charge in [0.25, 0.3) is 11.1 Å². The van der Waals surface area contributed by atoms with Crippen molar-refractivity contribution in [1.29, 1.82) is 0 Å². The van der Waals surface area contributed by atoms with E-state index in [0.717, 1.165) is 21.1 Å². The van der Waals surface area contributed by atoms with E-state index in [-0.39, 0.29) is 11.7 Å². The van der Waals surface area contributed by atoms with Gasteiger partial charge in [0.05, 0.1) is 19.1 Å². The van der Waals surface area contributed by atoms with Crippen molar-refractivity contribution in [2.75, 3.05) is 12.9 Å². The Kier molecular flexibility index (Phi) is 7.64. The van der Waals surface area contributed by atoms with Crippen LogP contribution in [0.15, 0.2) is 85.9 Å². The molecule has 7 nitrogen and oxygen atoms in total. The first-order valence-corrected chi connectivity index (χ1v) is 11.7. The lowest BCUT2D eigenvalue weighted by molar-refractivity contribution is -0.118. The molecule has 0 bridgehead atoms. The maximum Gasteiger partial charge on any atom is 0.257 e. The normalized spacial score (nSPS) is 11.1. The molecular weight excluding hydrogens is 506 g/mol. The summed E-state index contributed by atoms with van der Waals surface area (Å²) in [6.07, 6.45) is 1.55. The van der Waals surface area contributed by atoms with Gasteiger partial charge in [-0.05, 0) is 53.6 Å².